The predicted molar refractivity (Wildman–Crippen MR) is 157 cm³/mol. The molecule has 1 aromatic heterocycles. The number of phenolic OH excluding ortho intramolecular Hbond substituents is 1. The van der Waals surface area contributed by atoms with E-state index in [9.17, 15) is 19.5 Å². The molecular weight excluding hydrogens is 524 g/mol. The van der Waals surface area contributed by atoms with Gasteiger partial charge >= 0.3 is 0 Å². The SMILES string of the molecule is O=C(Nc1n[nH]c2ccc(Nc3c(NCc4cccc(O)c4)c(=O)c3=O)cc12)c1cccc(CN2CCOCC2)c1. The summed E-state index contributed by atoms with van der Waals surface area (Å²) >= 11 is 0. The van der Waals surface area contributed by atoms with Gasteiger partial charge in [-0.2, -0.15) is 5.10 Å². The molecule has 4 aromatic carbocycles. The molecule has 5 aromatic rings. The van der Waals surface area contributed by atoms with Crippen LogP contribution < -0.4 is 26.8 Å². The minimum Gasteiger partial charge on any atom is -0.508 e. The van der Waals surface area contributed by atoms with Gasteiger partial charge in [-0.15, -0.1) is 0 Å². The van der Waals surface area contributed by atoms with E-state index in [1.807, 2.05) is 18.2 Å². The van der Waals surface area contributed by atoms with Gasteiger partial charge in [0.1, 0.15) is 17.1 Å². The van der Waals surface area contributed by atoms with Gasteiger partial charge in [0.2, 0.25) is 0 Å². The topological polar surface area (TPSA) is 149 Å². The standard InChI is InChI=1S/C30H28N6O5/c37-22-6-2-3-18(14-22)16-31-25-26(28(39)27(25)38)32-21-7-8-24-23(15-21)29(35-34-24)33-30(40)20-5-1-4-19(13-20)17-36-9-11-41-12-10-36/h1-8,13-15,31-32,37H,9-12,16-17H2,(H2,33,34,35,40). The third kappa shape index (κ3) is 5.67. The van der Waals surface area contributed by atoms with Crippen LogP contribution in [-0.4, -0.2) is 52.4 Å². The fourth-order valence-electron chi connectivity index (χ4n) is 4.88. The lowest BCUT2D eigenvalue weighted by molar-refractivity contribution is 0.0342. The van der Waals surface area contributed by atoms with E-state index >= 15 is 0 Å². The third-order valence-corrected chi connectivity index (χ3v) is 7.05. The van der Waals surface area contributed by atoms with Gasteiger partial charge in [-0.25, -0.2) is 0 Å². The Kier molecular flexibility index (Phi) is 7.19. The number of morpholine rings is 1. The van der Waals surface area contributed by atoms with Crippen LogP contribution in [0.3, 0.4) is 0 Å². The van der Waals surface area contributed by atoms with Crippen LogP contribution in [0.2, 0.25) is 0 Å². The highest BCUT2D eigenvalue weighted by Gasteiger charge is 2.21. The van der Waals surface area contributed by atoms with Crippen LogP contribution in [0.1, 0.15) is 21.5 Å². The molecule has 41 heavy (non-hydrogen) atoms. The third-order valence-electron chi connectivity index (χ3n) is 7.05. The van der Waals surface area contributed by atoms with Crippen LogP contribution in [0.15, 0.2) is 76.3 Å². The number of hydrogen-bond donors (Lipinski definition) is 5. The van der Waals surface area contributed by atoms with E-state index in [1.165, 1.54) is 0 Å². The van der Waals surface area contributed by atoms with E-state index in [2.05, 4.69) is 31.0 Å². The Balaban J connectivity index is 1.16. The Morgan fingerprint density at radius 1 is 0.951 bits per heavy atom. The summed E-state index contributed by atoms with van der Waals surface area (Å²) in [5.41, 5.74) is 2.66. The molecular formula is C30H28N6O5. The molecule has 0 saturated carbocycles. The number of rotatable bonds is 9. The average molecular weight is 553 g/mol. The first-order chi connectivity index (χ1) is 19.9. The largest absolute Gasteiger partial charge is 0.508 e. The first-order valence-electron chi connectivity index (χ1n) is 13.3. The number of phenols is 1. The maximum absolute atomic E-state index is 13.1. The number of carbonyl (C=O) groups excluding carboxylic acids is 1. The number of aromatic amines is 1. The van der Waals surface area contributed by atoms with Crippen LogP contribution in [0.5, 0.6) is 5.75 Å². The molecule has 0 spiro atoms. The van der Waals surface area contributed by atoms with Crippen LogP contribution in [0.25, 0.3) is 10.9 Å². The molecule has 2 heterocycles. The van der Waals surface area contributed by atoms with Gasteiger partial charge in [0, 0.05) is 42.8 Å². The molecule has 1 aliphatic rings. The molecule has 1 aliphatic heterocycles. The minimum atomic E-state index is -0.624. The fraction of sp³-hybridized carbons (Fsp3) is 0.200. The molecule has 1 fully saturated rings. The Morgan fingerprint density at radius 2 is 1.73 bits per heavy atom. The summed E-state index contributed by atoms with van der Waals surface area (Å²) in [5.74, 6) is 0.172. The number of amides is 1. The number of nitrogens with one attached hydrogen (secondary N) is 4. The molecule has 0 aliphatic carbocycles. The second-order valence-electron chi connectivity index (χ2n) is 9.93. The summed E-state index contributed by atoms with van der Waals surface area (Å²) in [6.45, 7) is 4.14. The van der Waals surface area contributed by atoms with Crippen molar-refractivity contribution in [3.05, 3.63) is 104 Å². The number of ether oxygens (including phenoxy) is 1. The Bertz CT molecular complexity index is 1800. The second-order valence-corrected chi connectivity index (χ2v) is 9.93. The summed E-state index contributed by atoms with van der Waals surface area (Å²) in [7, 11) is 0. The highest BCUT2D eigenvalue weighted by atomic mass is 16.5. The molecule has 1 amide bonds. The molecule has 1 saturated heterocycles. The van der Waals surface area contributed by atoms with E-state index in [4.69, 9.17) is 4.74 Å². The van der Waals surface area contributed by atoms with Crippen molar-refractivity contribution < 1.29 is 14.6 Å². The second kappa shape index (κ2) is 11.2. The molecule has 6 rings (SSSR count). The Hall–Kier alpha value is -5.00. The molecule has 11 heteroatoms. The maximum atomic E-state index is 13.1. The number of hydrogen-bond acceptors (Lipinski definition) is 9. The number of nitrogens with zero attached hydrogens (tertiary/aromatic N) is 2. The van der Waals surface area contributed by atoms with Crippen molar-refractivity contribution in [1.29, 1.82) is 0 Å². The number of aromatic hydroxyl groups is 1. The molecule has 208 valence electrons. The number of fused-ring (bicyclic) bond motifs is 1. The van der Waals surface area contributed by atoms with Crippen LogP contribution >= 0.6 is 0 Å². The number of aromatic nitrogens is 2. The highest BCUT2D eigenvalue weighted by molar-refractivity contribution is 6.08. The number of H-pyrrole nitrogens is 1. The van der Waals surface area contributed by atoms with E-state index < -0.39 is 10.9 Å². The highest BCUT2D eigenvalue weighted by Crippen LogP contribution is 2.28. The normalized spacial score (nSPS) is 13.9. The number of benzene rings is 3. The summed E-state index contributed by atoms with van der Waals surface area (Å²) in [6, 6.07) is 19.4. The van der Waals surface area contributed by atoms with Crippen molar-refractivity contribution in [3.63, 3.8) is 0 Å². The van der Waals surface area contributed by atoms with Gasteiger partial charge in [-0.3, -0.25) is 24.4 Å². The lowest BCUT2D eigenvalue weighted by Gasteiger charge is -2.26. The van der Waals surface area contributed by atoms with Gasteiger partial charge in [0.25, 0.3) is 16.8 Å². The Morgan fingerprint density at radius 3 is 2.56 bits per heavy atom. The van der Waals surface area contributed by atoms with Crippen molar-refractivity contribution in [3.8, 4) is 5.75 Å². The predicted octanol–water partition coefficient (Wildman–Crippen LogP) is 3.30. The first-order valence-corrected chi connectivity index (χ1v) is 13.3. The lowest BCUT2D eigenvalue weighted by atomic mass is 10.1. The molecule has 0 radical (unpaired) electrons. The van der Waals surface area contributed by atoms with Gasteiger partial charge in [0.05, 0.1) is 18.7 Å². The number of anilines is 4. The molecule has 0 unspecified atom stereocenters. The number of carbonyl (C=O) groups is 1. The summed E-state index contributed by atoms with van der Waals surface area (Å²) < 4.78 is 5.41. The van der Waals surface area contributed by atoms with Crippen LogP contribution in [0.4, 0.5) is 22.9 Å². The van der Waals surface area contributed by atoms with Crippen molar-refractivity contribution in [2.24, 2.45) is 0 Å². The molecule has 5 N–H and O–H groups in total. The average Bonchev–Trinajstić information content (AvgIpc) is 3.38. The fourth-order valence-corrected chi connectivity index (χ4v) is 4.88. The van der Waals surface area contributed by atoms with Crippen molar-refractivity contribution in [2.45, 2.75) is 13.1 Å². The quantitative estimate of drug-likeness (QED) is 0.174. The Labute approximate surface area is 234 Å². The summed E-state index contributed by atoms with van der Waals surface area (Å²) in [5, 5.41) is 26.4. The van der Waals surface area contributed by atoms with E-state index in [0.29, 0.717) is 41.2 Å². The van der Waals surface area contributed by atoms with Gasteiger partial charge in [-0.05, 0) is 53.6 Å². The zero-order chi connectivity index (χ0) is 28.3. The monoisotopic (exact) mass is 552 g/mol. The molecule has 11 nitrogen and oxygen atoms in total. The van der Waals surface area contributed by atoms with E-state index in [-0.39, 0.29) is 29.6 Å². The zero-order valence-electron chi connectivity index (χ0n) is 22.1. The summed E-state index contributed by atoms with van der Waals surface area (Å²) in [4.78, 5) is 40.0. The van der Waals surface area contributed by atoms with Gasteiger partial charge < -0.3 is 25.8 Å². The first kappa shape index (κ1) is 26.2. The van der Waals surface area contributed by atoms with Crippen LogP contribution in [-0.2, 0) is 17.8 Å². The van der Waals surface area contributed by atoms with Crippen molar-refractivity contribution in [2.75, 3.05) is 42.3 Å². The lowest BCUT2D eigenvalue weighted by Crippen LogP contribution is -2.36. The molecule has 0 bridgehead atoms. The van der Waals surface area contributed by atoms with Crippen molar-refractivity contribution in [1.82, 2.24) is 15.1 Å². The minimum absolute atomic E-state index is 0.115. The van der Waals surface area contributed by atoms with Crippen LogP contribution in [0, 0.1) is 0 Å². The zero-order valence-corrected chi connectivity index (χ0v) is 22.1. The van der Waals surface area contributed by atoms with Gasteiger partial charge in [0.15, 0.2) is 5.82 Å². The maximum Gasteiger partial charge on any atom is 0.256 e. The van der Waals surface area contributed by atoms with Crippen molar-refractivity contribution >= 4 is 39.7 Å². The summed E-state index contributed by atoms with van der Waals surface area (Å²) in [6.07, 6.45) is 0. The smallest absolute Gasteiger partial charge is 0.256 e. The van der Waals surface area contributed by atoms with Gasteiger partial charge in [-0.1, -0.05) is 24.3 Å². The van der Waals surface area contributed by atoms with E-state index in [0.717, 1.165) is 30.8 Å². The molecule has 0 atom stereocenters. The van der Waals surface area contributed by atoms with E-state index in [1.54, 1.807) is 48.5 Å².